The monoisotopic (exact) mass is 327 g/mol. The van der Waals surface area contributed by atoms with Crippen LogP contribution in [-0.4, -0.2) is 15.7 Å². The number of hydrogen-bond donors (Lipinski definition) is 1. The van der Waals surface area contributed by atoms with Crippen molar-refractivity contribution in [3.63, 3.8) is 0 Å². The van der Waals surface area contributed by atoms with Crippen LogP contribution in [0.5, 0.6) is 0 Å². The van der Waals surface area contributed by atoms with Gasteiger partial charge in [0, 0.05) is 12.7 Å². The molecule has 4 heteroatoms. The summed E-state index contributed by atoms with van der Waals surface area (Å²) in [6, 6.07) is 8.61. The molecule has 0 aliphatic heterocycles. The largest absolute Gasteiger partial charge is 0.345 e. The zero-order valence-corrected chi connectivity index (χ0v) is 15.6. The molecular weight excluding hydrogens is 298 g/mol. The van der Waals surface area contributed by atoms with Gasteiger partial charge in [-0.15, -0.1) is 0 Å². The first-order valence-corrected chi connectivity index (χ1v) is 8.68. The Balaban J connectivity index is 2.17. The first kappa shape index (κ1) is 18.2. The van der Waals surface area contributed by atoms with Crippen LogP contribution in [0.3, 0.4) is 0 Å². The Labute approximate surface area is 145 Å². The fourth-order valence-corrected chi connectivity index (χ4v) is 2.91. The van der Waals surface area contributed by atoms with E-state index in [9.17, 15) is 4.79 Å². The Morgan fingerprint density at radius 1 is 1.17 bits per heavy atom. The van der Waals surface area contributed by atoms with Crippen molar-refractivity contribution in [1.29, 1.82) is 0 Å². The van der Waals surface area contributed by atoms with Gasteiger partial charge in [0.15, 0.2) is 0 Å². The normalized spacial score (nSPS) is 12.7. The Bertz CT molecular complexity index is 683. The lowest BCUT2D eigenvalue weighted by atomic mass is 9.93. The van der Waals surface area contributed by atoms with Crippen molar-refractivity contribution in [3.05, 3.63) is 52.8 Å². The fraction of sp³-hybridized carbons (Fsp3) is 0.500. The second kappa shape index (κ2) is 7.65. The van der Waals surface area contributed by atoms with E-state index in [0.717, 1.165) is 17.7 Å². The van der Waals surface area contributed by atoms with Crippen LogP contribution in [0.25, 0.3) is 0 Å². The van der Waals surface area contributed by atoms with E-state index in [2.05, 4.69) is 62.4 Å². The van der Waals surface area contributed by atoms with Gasteiger partial charge >= 0.3 is 0 Å². The fourth-order valence-electron chi connectivity index (χ4n) is 2.91. The van der Waals surface area contributed by atoms with Gasteiger partial charge < -0.3 is 5.32 Å². The lowest BCUT2D eigenvalue weighted by Gasteiger charge is -2.23. The van der Waals surface area contributed by atoms with E-state index < -0.39 is 0 Å². The lowest BCUT2D eigenvalue weighted by Crippen LogP contribution is -2.32. The van der Waals surface area contributed by atoms with Crippen molar-refractivity contribution in [2.75, 3.05) is 0 Å². The minimum absolute atomic E-state index is 0.00907. The first-order chi connectivity index (χ1) is 11.3. The summed E-state index contributed by atoms with van der Waals surface area (Å²) in [5.41, 5.74) is 4.00. The third-order valence-electron chi connectivity index (χ3n) is 4.42. The van der Waals surface area contributed by atoms with E-state index in [0.29, 0.717) is 17.4 Å². The van der Waals surface area contributed by atoms with Crippen molar-refractivity contribution in [2.24, 2.45) is 18.9 Å². The minimum Gasteiger partial charge on any atom is -0.345 e. The molecular formula is C20H29N3O. The van der Waals surface area contributed by atoms with Gasteiger partial charge in [0.2, 0.25) is 0 Å². The molecule has 0 aliphatic rings. The van der Waals surface area contributed by atoms with Crippen molar-refractivity contribution in [1.82, 2.24) is 15.1 Å². The van der Waals surface area contributed by atoms with Crippen LogP contribution in [0.4, 0.5) is 0 Å². The molecule has 0 saturated heterocycles. The lowest BCUT2D eigenvalue weighted by molar-refractivity contribution is 0.0925. The Morgan fingerprint density at radius 3 is 2.25 bits per heavy atom. The highest BCUT2D eigenvalue weighted by Gasteiger charge is 2.21. The van der Waals surface area contributed by atoms with E-state index in [-0.39, 0.29) is 11.9 Å². The molecule has 130 valence electrons. The number of benzene rings is 1. The maximum atomic E-state index is 12.6. The Morgan fingerprint density at radius 2 is 1.79 bits per heavy atom. The van der Waals surface area contributed by atoms with Gasteiger partial charge in [-0.3, -0.25) is 9.48 Å². The highest BCUT2D eigenvalue weighted by Crippen LogP contribution is 2.23. The highest BCUT2D eigenvalue weighted by atomic mass is 16.1. The summed E-state index contributed by atoms with van der Waals surface area (Å²) in [6.07, 6.45) is 2.71. The van der Waals surface area contributed by atoms with E-state index in [1.54, 1.807) is 10.9 Å². The molecule has 24 heavy (non-hydrogen) atoms. The molecule has 0 unspecified atom stereocenters. The maximum Gasteiger partial charge on any atom is 0.255 e. The van der Waals surface area contributed by atoms with Crippen LogP contribution in [-0.2, 0) is 13.5 Å². The highest BCUT2D eigenvalue weighted by molar-refractivity contribution is 5.95. The van der Waals surface area contributed by atoms with E-state index in [4.69, 9.17) is 0 Å². The van der Waals surface area contributed by atoms with Crippen molar-refractivity contribution in [3.8, 4) is 0 Å². The number of nitrogens with one attached hydrogen (secondary N) is 1. The van der Waals surface area contributed by atoms with E-state index in [1.807, 2.05) is 14.0 Å². The van der Waals surface area contributed by atoms with Gasteiger partial charge in [-0.1, -0.05) is 52.0 Å². The smallest absolute Gasteiger partial charge is 0.255 e. The molecule has 0 radical (unpaired) electrons. The quantitative estimate of drug-likeness (QED) is 0.870. The molecule has 0 fully saturated rings. The van der Waals surface area contributed by atoms with Crippen LogP contribution in [0.15, 0.2) is 30.5 Å². The van der Waals surface area contributed by atoms with Crippen LogP contribution in [0.2, 0.25) is 0 Å². The van der Waals surface area contributed by atoms with E-state index >= 15 is 0 Å². The van der Waals surface area contributed by atoms with Gasteiger partial charge in [-0.25, -0.2) is 0 Å². The second-order valence-corrected chi connectivity index (χ2v) is 7.30. The molecule has 0 saturated carbocycles. The van der Waals surface area contributed by atoms with Gasteiger partial charge in [-0.05, 0) is 36.3 Å². The topological polar surface area (TPSA) is 46.9 Å². The first-order valence-electron chi connectivity index (χ1n) is 8.68. The van der Waals surface area contributed by atoms with Crippen molar-refractivity contribution >= 4 is 5.91 Å². The average Bonchev–Trinajstić information content (AvgIpc) is 2.84. The third-order valence-corrected chi connectivity index (χ3v) is 4.42. The molecule has 0 bridgehead atoms. The van der Waals surface area contributed by atoms with Crippen molar-refractivity contribution < 1.29 is 4.79 Å². The molecule has 1 atom stereocenters. The number of carbonyl (C=O) groups is 1. The van der Waals surface area contributed by atoms with Gasteiger partial charge in [0.1, 0.15) is 0 Å². The number of amides is 1. The molecule has 0 spiro atoms. The molecule has 1 aromatic carbocycles. The van der Waals surface area contributed by atoms with Gasteiger partial charge in [0.25, 0.3) is 5.91 Å². The summed E-state index contributed by atoms with van der Waals surface area (Å²) in [5.74, 6) is 0.887. The van der Waals surface area contributed by atoms with Crippen LogP contribution in [0.1, 0.15) is 60.9 Å². The summed E-state index contributed by atoms with van der Waals surface area (Å²) in [6.45, 7) is 10.6. The molecule has 2 aromatic rings. The maximum absolute atomic E-state index is 12.6. The Kier molecular flexibility index (Phi) is 5.81. The SMILES string of the molecule is Cc1c(C(=O)N[C@@H](c2ccc(CC(C)C)cc2)C(C)C)cnn1C. The van der Waals surface area contributed by atoms with Gasteiger partial charge in [-0.2, -0.15) is 5.10 Å². The number of carbonyl (C=O) groups excluding carboxylic acids is 1. The number of aryl methyl sites for hydroxylation is 1. The summed E-state index contributed by atoms with van der Waals surface area (Å²) in [7, 11) is 1.85. The molecule has 0 aliphatic carbocycles. The van der Waals surface area contributed by atoms with Crippen LogP contribution >= 0.6 is 0 Å². The average molecular weight is 327 g/mol. The molecule has 1 amide bonds. The summed E-state index contributed by atoms with van der Waals surface area (Å²) in [4.78, 5) is 12.6. The molecule has 4 nitrogen and oxygen atoms in total. The molecule has 2 rings (SSSR count). The predicted octanol–water partition coefficient (Wildman–Crippen LogP) is 4.05. The third kappa shape index (κ3) is 4.25. The second-order valence-electron chi connectivity index (χ2n) is 7.30. The number of nitrogens with zero attached hydrogens (tertiary/aromatic N) is 2. The number of aromatic nitrogens is 2. The van der Waals surface area contributed by atoms with Gasteiger partial charge in [0.05, 0.1) is 17.8 Å². The van der Waals surface area contributed by atoms with Crippen molar-refractivity contribution in [2.45, 2.75) is 47.1 Å². The minimum atomic E-state index is -0.0643. The summed E-state index contributed by atoms with van der Waals surface area (Å²) in [5, 5.41) is 7.33. The standard InChI is InChI=1S/C20H29N3O/c1-13(2)11-16-7-9-17(10-8-16)19(14(3)4)22-20(24)18-12-21-23(6)15(18)5/h7-10,12-14,19H,11H2,1-6H3,(H,22,24)/t19-/m1/s1. The molecule has 1 aromatic heterocycles. The van der Waals surface area contributed by atoms with Crippen LogP contribution < -0.4 is 5.32 Å². The predicted molar refractivity (Wildman–Crippen MR) is 98.0 cm³/mol. The Hall–Kier alpha value is -2.10. The molecule has 1 N–H and O–H groups in total. The number of rotatable bonds is 6. The molecule has 1 heterocycles. The summed E-state index contributed by atoms with van der Waals surface area (Å²) >= 11 is 0. The summed E-state index contributed by atoms with van der Waals surface area (Å²) < 4.78 is 1.72. The van der Waals surface area contributed by atoms with E-state index in [1.165, 1.54) is 5.56 Å². The number of hydrogen-bond acceptors (Lipinski definition) is 2. The zero-order chi connectivity index (χ0) is 17.9. The zero-order valence-electron chi connectivity index (χ0n) is 15.6. The van der Waals surface area contributed by atoms with Crippen LogP contribution in [0, 0.1) is 18.8 Å².